The first-order chi connectivity index (χ1) is 13.4. The minimum Gasteiger partial charge on any atom is -0.359 e. The molecule has 0 aromatic carbocycles. The summed E-state index contributed by atoms with van der Waals surface area (Å²) in [6.07, 6.45) is 3.04. The fourth-order valence-corrected chi connectivity index (χ4v) is 3.48. The van der Waals surface area contributed by atoms with E-state index in [2.05, 4.69) is 67.4 Å². The summed E-state index contributed by atoms with van der Waals surface area (Å²) in [5.74, 6) is 2.04. The number of guanidine groups is 1. The molecule has 156 valence electrons. The van der Waals surface area contributed by atoms with Crippen molar-refractivity contribution in [3.63, 3.8) is 0 Å². The van der Waals surface area contributed by atoms with E-state index in [1.807, 2.05) is 17.8 Å². The number of nitrogens with one attached hydrogen (secondary N) is 2. The summed E-state index contributed by atoms with van der Waals surface area (Å²) in [5, 5.41) is 15.5. The highest BCUT2D eigenvalue weighted by molar-refractivity contribution is 5.80. The van der Waals surface area contributed by atoms with Crippen LogP contribution >= 0.6 is 0 Å². The number of hydrogen-bond acceptors (Lipinski definition) is 4. The van der Waals surface area contributed by atoms with Gasteiger partial charge in [-0.15, -0.1) is 0 Å². The molecule has 0 aliphatic carbocycles. The molecule has 0 amide bonds. The minimum atomic E-state index is 0.231. The van der Waals surface area contributed by atoms with E-state index < -0.39 is 0 Å². The Bertz CT molecular complexity index is 772. The van der Waals surface area contributed by atoms with Crippen LogP contribution in [-0.4, -0.2) is 33.5 Å². The summed E-state index contributed by atoms with van der Waals surface area (Å²) in [7, 11) is 1.99. The van der Waals surface area contributed by atoms with E-state index in [4.69, 9.17) is 4.52 Å². The summed E-state index contributed by atoms with van der Waals surface area (Å²) < 4.78 is 7.43. The van der Waals surface area contributed by atoms with Crippen molar-refractivity contribution in [1.82, 2.24) is 25.6 Å². The van der Waals surface area contributed by atoms with Crippen LogP contribution in [-0.2, 0) is 20.0 Å². The van der Waals surface area contributed by atoms with Gasteiger partial charge in [0.25, 0.3) is 0 Å². The summed E-state index contributed by atoms with van der Waals surface area (Å²) in [6.45, 7) is 14.1. The number of rotatable bonds is 9. The third-order valence-corrected chi connectivity index (χ3v) is 5.27. The second-order valence-electron chi connectivity index (χ2n) is 7.45. The highest BCUT2D eigenvalue weighted by atomic mass is 16.5. The van der Waals surface area contributed by atoms with Crippen LogP contribution in [0.2, 0.25) is 0 Å². The zero-order valence-corrected chi connectivity index (χ0v) is 18.5. The molecule has 1 unspecified atom stereocenters. The molecule has 0 spiro atoms. The maximum Gasteiger partial charge on any atom is 0.191 e. The van der Waals surface area contributed by atoms with Gasteiger partial charge < -0.3 is 15.2 Å². The van der Waals surface area contributed by atoms with Crippen LogP contribution in [0.5, 0.6) is 0 Å². The molecule has 0 saturated heterocycles. The van der Waals surface area contributed by atoms with Gasteiger partial charge in [0, 0.05) is 37.3 Å². The number of nitrogens with zero attached hydrogens (tertiary/aromatic N) is 4. The fourth-order valence-electron chi connectivity index (χ4n) is 3.48. The molecule has 0 saturated carbocycles. The van der Waals surface area contributed by atoms with Crippen LogP contribution in [0.15, 0.2) is 15.6 Å². The lowest BCUT2D eigenvalue weighted by Crippen LogP contribution is -2.43. The van der Waals surface area contributed by atoms with Crippen molar-refractivity contribution < 1.29 is 4.52 Å². The topological polar surface area (TPSA) is 80.3 Å². The largest absolute Gasteiger partial charge is 0.359 e. The third-order valence-electron chi connectivity index (χ3n) is 5.27. The van der Waals surface area contributed by atoms with Gasteiger partial charge in [0.2, 0.25) is 0 Å². The molecule has 2 N–H and O–H groups in total. The van der Waals surface area contributed by atoms with Gasteiger partial charge in [-0.25, -0.2) is 4.99 Å². The van der Waals surface area contributed by atoms with E-state index in [9.17, 15) is 0 Å². The smallest absolute Gasteiger partial charge is 0.191 e. The summed E-state index contributed by atoms with van der Waals surface area (Å²) >= 11 is 0. The van der Waals surface area contributed by atoms with Gasteiger partial charge >= 0.3 is 0 Å². The molecule has 0 fully saturated rings. The lowest BCUT2D eigenvalue weighted by molar-refractivity contribution is 0.372. The van der Waals surface area contributed by atoms with E-state index in [0.717, 1.165) is 48.9 Å². The van der Waals surface area contributed by atoms with Gasteiger partial charge in [0.05, 0.1) is 11.4 Å². The molecule has 2 aromatic rings. The van der Waals surface area contributed by atoms with E-state index in [1.165, 1.54) is 11.3 Å². The molecule has 2 rings (SSSR count). The van der Waals surface area contributed by atoms with Crippen molar-refractivity contribution in [2.75, 3.05) is 6.54 Å². The van der Waals surface area contributed by atoms with E-state index >= 15 is 0 Å². The first-order valence-corrected chi connectivity index (χ1v) is 10.4. The summed E-state index contributed by atoms with van der Waals surface area (Å²) in [6, 6.07) is 2.27. The zero-order chi connectivity index (χ0) is 20.7. The summed E-state index contributed by atoms with van der Waals surface area (Å²) in [5.41, 5.74) is 4.63. The maximum atomic E-state index is 5.49. The van der Waals surface area contributed by atoms with E-state index in [0.29, 0.717) is 12.5 Å². The Morgan fingerprint density at radius 3 is 2.54 bits per heavy atom. The standard InChI is InChI=1S/C21H36N6O/c1-8-17(9-2)20-12-18(28-26-20)13-23-21(22-10-3)24-14(4)11-19-15(5)25-27(7)16(19)6/h12,14,17H,8-11,13H2,1-7H3,(H2,22,23,24). The first-order valence-electron chi connectivity index (χ1n) is 10.4. The highest BCUT2D eigenvalue weighted by Crippen LogP contribution is 2.22. The van der Waals surface area contributed by atoms with Gasteiger partial charge in [-0.1, -0.05) is 19.0 Å². The molecular weight excluding hydrogens is 352 g/mol. The monoisotopic (exact) mass is 388 g/mol. The van der Waals surface area contributed by atoms with Crippen LogP contribution in [0.3, 0.4) is 0 Å². The Kier molecular flexibility index (Phi) is 8.08. The van der Waals surface area contributed by atoms with Gasteiger partial charge in [-0.3, -0.25) is 4.68 Å². The van der Waals surface area contributed by atoms with Crippen LogP contribution in [0.4, 0.5) is 0 Å². The predicted octanol–water partition coefficient (Wildman–Crippen LogP) is 3.61. The zero-order valence-electron chi connectivity index (χ0n) is 18.5. The molecule has 0 aliphatic heterocycles. The Hall–Kier alpha value is -2.31. The van der Waals surface area contributed by atoms with Gasteiger partial charge in [-0.05, 0) is 52.5 Å². The second kappa shape index (κ2) is 10.3. The summed E-state index contributed by atoms with van der Waals surface area (Å²) in [4.78, 5) is 4.68. The number of hydrogen-bond donors (Lipinski definition) is 2. The molecule has 7 nitrogen and oxygen atoms in total. The Morgan fingerprint density at radius 2 is 1.96 bits per heavy atom. The predicted molar refractivity (Wildman–Crippen MR) is 114 cm³/mol. The average Bonchev–Trinajstić information content (AvgIpc) is 3.21. The van der Waals surface area contributed by atoms with Crippen molar-refractivity contribution in [3.05, 3.63) is 34.5 Å². The Morgan fingerprint density at radius 1 is 1.25 bits per heavy atom. The van der Waals surface area contributed by atoms with E-state index in [-0.39, 0.29) is 6.04 Å². The molecule has 0 aliphatic rings. The van der Waals surface area contributed by atoms with Crippen LogP contribution in [0.1, 0.15) is 74.9 Å². The van der Waals surface area contributed by atoms with Crippen molar-refractivity contribution in [3.8, 4) is 0 Å². The molecule has 7 heteroatoms. The van der Waals surface area contributed by atoms with Crippen molar-refractivity contribution in [1.29, 1.82) is 0 Å². The van der Waals surface area contributed by atoms with Crippen molar-refractivity contribution in [2.24, 2.45) is 12.0 Å². The van der Waals surface area contributed by atoms with Gasteiger partial charge in [0.15, 0.2) is 11.7 Å². The Balaban J connectivity index is 2.01. The lowest BCUT2D eigenvalue weighted by Gasteiger charge is -2.18. The molecule has 0 bridgehead atoms. The van der Waals surface area contributed by atoms with Crippen molar-refractivity contribution >= 4 is 5.96 Å². The second-order valence-corrected chi connectivity index (χ2v) is 7.45. The Labute approximate surface area is 169 Å². The average molecular weight is 389 g/mol. The lowest BCUT2D eigenvalue weighted by atomic mass is 9.99. The molecule has 2 aromatic heterocycles. The van der Waals surface area contributed by atoms with E-state index in [1.54, 1.807) is 0 Å². The number of aliphatic imine (C=N–C) groups is 1. The molecule has 1 atom stereocenters. The molecular formula is C21H36N6O. The molecule has 2 heterocycles. The minimum absolute atomic E-state index is 0.231. The van der Waals surface area contributed by atoms with Crippen LogP contribution < -0.4 is 10.6 Å². The molecule has 0 radical (unpaired) electrons. The normalized spacial score (nSPS) is 13.2. The SMILES string of the molecule is CCNC(=NCc1cc(C(CC)CC)no1)NC(C)Cc1c(C)nn(C)c1C. The van der Waals surface area contributed by atoms with Gasteiger partial charge in [0.1, 0.15) is 6.54 Å². The molecule has 28 heavy (non-hydrogen) atoms. The van der Waals surface area contributed by atoms with Crippen molar-refractivity contribution in [2.45, 2.75) is 79.3 Å². The maximum absolute atomic E-state index is 5.49. The first kappa shape index (κ1) is 22.0. The highest BCUT2D eigenvalue weighted by Gasteiger charge is 2.15. The third kappa shape index (κ3) is 5.59. The number of aryl methyl sites for hydroxylation is 2. The fraction of sp³-hybridized carbons (Fsp3) is 0.667. The van der Waals surface area contributed by atoms with Crippen LogP contribution in [0, 0.1) is 13.8 Å². The van der Waals surface area contributed by atoms with Crippen LogP contribution in [0.25, 0.3) is 0 Å². The van der Waals surface area contributed by atoms with Gasteiger partial charge in [-0.2, -0.15) is 5.10 Å². The number of aromatic nitrogens is 3. The quantitative estimate of drug-likeness (QED) is 0.507.